The van der Waals surface area contributed by atoms with E-state index in [0.29, 0.717) is 47.3 Å². The molecule has 1 atom stereocenters. The van der Waals surface area contributed by atoms with Gasteiger partial charge in [-0.2, -0.15) is 0 Å². The predicted octanol–water partition coefficient (Wildman–Crippen LogP) is 6.41. The van der Waals surface area contributed by atoms with Crippen LogP contribution in [-0.4, -0.2) is 18.6 Å². The maximum Gasteiger partial charge on any atom is 0.258 e. The summed E-state index contributed by atoms with van der Waals surface area (Å²) in [4.78, 5) is 21.4. The van der Waals surface area contributed by atoms with Gasteiger partial charge < -0.3 is 19.7 Å². The summed E-state index contributed by atoms with van der Waals surface area (Å²) in [6, 6.07) is 17.0. The van der Waals surface area contributed by atoms with Gasteiger partial charge in [-0.1, -0.05) is 34.7 Å². The van der Waals surface area contributed by atoms with E-state index >= 15 is 0 Å². The number of halogens is 1. The van der Waals surface area contributed by atoms with E-state index in [1.54, 1.807) is 42.5 Å². The summed E-state index contributed by atoms with van der Waals surface area (Å²) >= 11 is 0.593. The summed E-state index contributed by atoms with van der Waals surface area (Å²) in [6.07, 6.45) is -0.0746. The number of benzene rings is 3. The van der Waals surface area contributed by atoms with Gasteiger partial charge >= 0.3 is 0 Å². The van der Waals surface area contributed by atoms with Gasteiger partial charge in [-0.25, -0.2) is 9.24 Å². The molecular formula is C26H26FN3O5S. The van der Waals surface area contributed by atoms with Gasteiger partial charge in [0, 0.05) is 5.69 Å². The van der Waals surface area contributed by atoms with Crippen LogP contribution in [0.25, 0.3) is 4.85 Å². The average molecular weight is 512 g/mol. The number of hydrogen-bond acceptors (Lipinski definition) is 7. The van der Waals surface area contributed by atoms with Crippen molar-refractivity contribution in [3.63, 3.8) is 0 Å². The molecule has 3 rings (SSSR count). The Morgan fingerprint density at radius 1 is 1.08 bits per heavy atom. The molecule has 0 aliphatic heterocycles. The number of rotatable bonds is 12. The number of carbonyl (C=O) groups is 1. The normalized spacial score (nSPS) is 11.3. The zero-order valence-electron chi connectivity index (χ0n) is 20.0. The first-order chi connectivity index (χ1) is 17.4. The minimum absolute atomic E-state index is 0.0746. The molecule has 0 aromatic heterocycles. The van der Waals surface area contributed by atoms with E-state index in [4.69, 9.17) is 25.3 Å². The Morgan fingerprint density at radius 2 is 1.86 bits per heavy atom. The van der Waals surface area contributed by atoms with Crippen LogP contribution < -0.4 is 24.4 Å². The number of ether oxygens (including phenoxy) is 2. The monoisotopic (exact) mass is 511 g/mol. The molecule has 1 unspecified atom stereocenters. The summed E-state index contributed by atoms with van der Waals surface area (Å²) in [7, 11) is 0. The Labute approximate surface area is 213 Å². The van der Waals surface area contributed by atoms with Crippen molar-refractivity contribution in [3.8, 4) is 17.2 Å². The Morgan fingerprint density at radius 3 is 2.53 bits per heavy atom. The highest BCUT2D eigenvalue weighted by Crippen LogP contribution is 2.33. The average Bonchev–Trinajstić information content (AvgIpc) is 2.87. The van der Waals surface area contributed by atoms with E-state index in [-0.39, 0.29) is 11.8 Å². The maximum absolute atomic E-state index is 14.2. The van der Waals surface area contributed by atoms with Gasteiger partial charge in [-0.05, 0) is 62.7 Å². The number of carbonyl (C=O) groups excluding carboxylic acids is 1. The van der Waals surface area contributed by atoms with Crippen LogP contribution in [0.3, 0.4) is 0 Å². The minimum atomic E-state index is -0.969. The van der Waals surface area contributed by atoms with Gasteiger partial charge in [0.2, 0.25) is 5.69 Å². The molecule has 3 aromatic rings. The number of anilines is 1. The summed E-state index contributed by atoms with van der Waals surface area (Å²) in [5.41, 5.74) is 0.732. The zero-order valence-corrected chi connectivity index (χ0v) is 20.8. The van der Waals surface area contributed by atoms with E-state index in [9.17, 15) is 9.18 Å². The lowest BCUT2D eigenvalue weighted by atomic mass is 10.0. The Balaban J connectivity index is 1.82. The van der Waals surface area contributed by atoms with Crippen molar-refractivity contribution in [3.05, 3.63) is 89.5 Å². The van der Waals surface area contributed by atoms with Gasteiger partial charge in [-0.15, -0.1) is 0 Å². The highest BCUT2D eigenvalue weighted by Gasteiger charge is 2.24. The molecule has 1 amide bonds. The van der Waals surface area contributed by atoms with Gasteiger partial charge in [0.25, 0.3) is 5.91 Å². The quantitative estimate of drug-likeness (QED) is 0.0727. The lowest BCUT2D eigenvalue weighted by Gasteiger charge is -2.21. The zero-order chi connectivity index (χ0) is 25.9. The van der Waals surface area contributed by atoms with Crippen molar-refractivity contribution in [2.75, 3.05) is 11.9 Å². The third-order valence-electron chi connectivity index (χ3n) is 4.65. The van der Waals surface area contributed by atoms with Crippen molar-refractivity contribution in [2.45, 2.75) is 32.9 Å². The first-order valence-electron chi connectivity index (χ1n) is 11.1. The molecule has 188 valence electrons. The predicted molar refractivity (Wildman–Crippen MR) is 136 cm³/mol. The highest BCUT2D eigenvalue weighted by atomic mass is 32.2. The summed E-state index contributed by atoms with van der Waals surface area (Å²) in [5, 5.41) is 3.01. The molecule has 0 radical (unpaired) electrons. The Bertz CT molecular complexity index is 1200. The van der Waals surface area contributed by atoms with Crippen LogP contribution in [0.15, 0.2) is 66.7 Å². The van der Waals surface area contributed by atoms with Gasteiger partial charge in [0.1, 0.15) is 11.9 Å². The largest absolute Gasteiger partial charge is 0.490 e. The van der Waals surface area contributed by atoms with Crippen molar-refractivity contribution in [2.24, 2.45) is 0 Å². The van der Waals surface area contributed by atoms with Crippen LogP contribution in [-0.2, 0) is 9.13 Å². The SMILES string of the molecule is [C-]#[N+]c1ccc(NC(C(=O)NSOOc2ccccc2)c2ccc(OC(C)C)c(OCC)c2)cc1F. The fourth-order valence-corrected chi connectivity index (χ4v) is 3.47. The molecule has 0 aliphatic carbocycles. The molecule has 0 aliphatic rings. The third kappa shape index (κ3) is 7.53. The van der Waals surface area contributed by atoms with E-state index in [1.165, 1.54) is 12.1 Å². The summed E-state index contributed by atoms with van der Waals surface area (Å²) in [6.45, 7) is 13.1. The number of nitrogens with one attached hydrogen (secondary N) is 2. The molecule has 0 saturated carbocycles. The van der Waals surface area contributed by atoms with Gasteiger partial charge in [0.05, 0.1) is 19.3 Å². The fraction of sp³-hybridized carbons (Fsp3) is 0.231. The van der Waals surface area contributed by atoms with Crippen LogP contribution in [0.1, 0.15) is 32.4 Å². The first kappa shape index (κ1) is 26.7. The molecular weight excluding hydrogens is 485 g/mol. The molecule has 0 heterocycles. The molecule has 0 saturated heterocycles. The lowest BCUT2D eigenvalue weighted by Crippen LogP contribution is -2.30. The number of hydrogen-bond donors (Lipinski definition) is 2. The lowest BCUT2D eigenvalue weighted by molar-refractivity contribution is -0.121. The number of amides is 1. The fourth-order valence-electron chi connectivity index (χ4n) is 3.13. The van der Waals surface area contributed by atoms with E-state index in [1.807, 2.05) is 26.8 Å². The van der Waals surface area contributed by atoms with Crippen LogP contribution in [0.5, 0.6) is 17.2 Å². The van der Waals surface area contributed by atoms with Crippen molar-refractivity contribution < 1.29 is 27.9 Å². The van der Waals surface area contributed by atoms with E-state index in [2.05, 4.69) is 14.9 Å². The van der Waals surface area contributed by atoms with Crippen LogP contribution in [0.4, 0.5) is 15.8 Å². The van der Waals surface area contributed by atoms with Gasteiger partial charge in [-0.3, -0.25) is 9.52 Å². The van der Waals surface area contributed by atoms with Crippen molar-refractivity contribution in [1.82, 2.24) is 4.72 Å². The van der Waals surface area contributed by atoms with Crippen molar-refractivity contribution >= 4 is 29.5 Å². The molecule has 0 spiro atoms. The number of para-hydroxylation sites is 1. The first-order valence-corrected chi connectivity index (χ1v) is 11.9. The van der Waals surface area contributed by atoms with Gasteiger partial charge in [0.15, 0.2) is 29.5 Å². The minimum Gasteiger partial charge on any atom is -0.490 e. The molecule has 0 fully saturated rings. The van der Waals surface area contributed by atoms with E-state index in [0.717, 1.165) is 6.07 Å². The van der Waals surface area contributed by atoms with Crippen LogP contribution >= 0.6 is 12.2 Å². The van der Waals surface area contributed by atoms with Crippen LogP contribution in [0.2, 0.25) is 0 Å². The molecule has 3 aromatic carbocycles. The molecule has 10 heteroatoms. The molecule has 36 heavy (non-hydrogen) atoms. The summed E-state index contributed by atoms with van der Waals surface area (Å²) in [5.74, 6) is 0.279. The van der Waals surface area contributed by atoms with E-state index < -0.39 is 17.8 Å². The Kier molecular flexibility index (Phi) is 9.80. The highest BCUT2D eigenvalue weighted by molar-refractivity contribution is 7.93. The number of nitrogens with zero attached hydrogens (tertiary/aromatic N) is 1. The molecule has 2 N–H and O–H groups in total. The third-order valence-corrected chi connectivity index (χ3v) is 5.08. The Hall–Kier alpha value is -3.94. The topological polar surface area (TPSA) is 82.4 Å². The van der Waals surface area contributed by atoms with Crippen molar-refractivity contribution in [1.29, 1.82) is 0 Å². The summed E-state index contributed by atoms with van der Waals surface area (Å²) < 4.78 is 33.3. The second kappa shape index (κ2) is 13.2. The molecule has 0 bridgehead atoms. The smallest absolute Gasteiger partial charge is 0.258 e. The second-order valence-electron chi connectivity index (χ2n) is 7.68. The molecule has 8 nitrogen and oxygen atoms in total. The standard InChI is InChI=1S/C26H26FN3O5S/c1-5-32-24-15-18(11-14-23(24)33-17(2)3)25(29-19-12-13-22(28-4)21(27)16-19)26(31)30-36-35-34-20-9-7-6-8-10-20/h6-17,25,29H,5H2,1-3H3,(H,30,31). The second-order valence-corrected chi connectivity index (χ2v) is 8.18. The van der Waals surface area contributed by atoms with Crippen LogP contribution in [0, 0.1) is 12.4 Å². The maximum atomic E-state index is 14.2.